The monoisotopic (exact) mass is 238 g/mol. The molecule has 2 N–H and O–H groups in total. The van der Waals surface area contributed by atoms with Crippen LogP contribution in [0.15, 0.2) is 18.2 Å². The van der Waals surface area contributed by atoms with Crippen molar-refractivity contribution in [3.05, 3.63) is 18.2 Å². The fraction of sp³-hybridized carbons (Fsp3) is 0.417. The van der Waals surface area contributed by atoms with E-state index < -0.39 is 0 Å². The highest BCUT2D eigenvalue weighted by Crippen LogP contribution is 2.33. The number of hydrogen-bond donors (Lipinski definition) is 2. The number of carbonyl (C=O) groups is 1. The van der Waals surface area contributed by atoms with Crippen molar-refractivity contribution in [2.75, 3.05) is 19.5 Å². The number of methoxy groups -OCH3 is 2. The maximum absolute atomic E-state index is 11.6. The van der Waals surface area contributed by atoms with Crippen molar-refractivity contribution in [1.82, 2.24) is 5.32 Å². The molecular formula is C12H18N2O3. The summed E-state index contributed by atoms with van der Waals surface area (Å²) in [6.07, 6.45) is 0. The quantitative estimate of drug-likeness (QED) is 0.845. The third-order valence-corrected chi connectivity index (χ3v) is 2.09. The maximum atomic E-state index is 11.6. The molecule has 0 spiro atoms. The van der Waals surface area contributed by atoms with Crippen molar-refractivity contribution < 1.29 is 14.3 Å². The second-order valence-electron chi connectivity index (χ2n) is 3.79. The molecule has 1 aromatic rings. The van der Waals surface area contributed by atoms with E-state index in [1.54, 1.807) is 32.4 Å². The van der Waals surface area contributed by atoms with E-state index in [2.05, 4.69) is 10.6 Å². The van der Waals surface area contributed by atoms with Gasteiger partial charge in [-0.25, -0.2) is 4.79 Å². The van der Waals surface area contributed by atoms with E-state index in [9.17, 15) is 4.79 Å². The molecule has 0 aliphatic heterocycles. The lowest BCUT2D eigenvalue weighted by atomic mass is 10.2. The highest BCUT2D eigenvalue weighted by atomic mass is 16.5. The number of benzene rings is 1. The van der Waals surface area contributed by atoms with Crippen LogP contribution in [0.25, 0.3) is 0 Å². The minimum atomic E-state index is -0.289. The number of urea groups is 1. The Bertz CT molecular complexity index is 369. The molecule has 1 rings (SSSR count). The van der Waals surface area contributed by atoms with E-state index in [1.165, 1.54) is 0 Å². The Labute approximate surface area is 101 Å². The number of ether oxygens (including phenoxy) is 2. The lowest BCUT2D eigenvalue weighted by molar-refractivity contribution is 0.249. The molecule has 0 radical (unpaired) electrons. The fourth-order valence-electron chi connectivity index (χ4n) is 1.39. The van der Waals surface area contributed by atoms with Crippen molar-refractivity contribution >= 4 is 11.7 Å². The molecule has 5 nitrogen and oxygen atoms in total. The van der Waals surface area contributed by atoms with Gasteiger partial charge in [-0.3, -0.25) is 0 Å². The zero-order chi connectivity index (χ0) is 12.8. The van der Waals surface area contributed by atoms with Crippen molar-refractivity contribution in [3.63, 3.8) is 0 Å². The number of amides is 2. The fourth-order valence-corrected chi connectivity index (χ4v) is 1.39. The molecule has 0 atom stereocenters. The predicted molar refractivity (Wildman–Crippen MR) is 66.8 cm³/mol. The molecule has 1 aromatic carbocycles. The number of para-hydroxylation sites is 1. The third-order valence-electron chi connectivity index (χ3n) is 2.09. The Morgan fingerprint density at radius 1 is 1.18 bits per heavy atom. The summed E-state index contributed by atoms with van der Waals surface area (Å²) in [7, 11) is 3.08. The molecule has 0 saturated heterocycles. The van der Waals surface area contributed by atoms with Crippen molar-refractivity contribution in [1.29, 1.82) is 0 Å². The highest BCUT2D eigenvalue weighted by Gasteiger charge is 2.13. The molecule has 0 aliphatic carbocycles. The van der Waals surface area contributed by atoms with Gasteiger partial charge in [-0.2, -0.15) is 0 Å². The van der Waals surface area contributed by atoms with Gasteiger partial charge in [-0.15, -0.1) is 0 Å². The summed E-state index contributed by atoms with van der Waals surface area (Å²) < 4.78 is 10.3. The molecule has 0 aliphatic rings. The molecular weight excluding hydrogens is 220 g/mol. The minimum absolute atomic E-state index is 0.0655. The van der Waals surface area contributed by atoms with Crippen LogP contribution in [0, 0.1) is 0 Å². The van der Waals surface area contributed by atoms with Gasteiger partial charge in [0.15, 0.2) is 0 Å². The summed E-state index contributed by atoms with van der Waals surface area (Å²) in [5, 5.41) is 5.44. The minimum Gasteiger partial charge on any atom is -0.494 e. The second kappa shape index (κ2) is 5.98. The van der Waals surface area contributed by atoms with Crippen LogP contribution >= 0.6 is 0 Å². The molecule has 94 valence electrons. The Morgan fingerprint density at radius 3 is 2.12 bits per heavy atom. The van der Waals surface area contributed by atoms with Crippen LogP contribution in [-0.4, -0.2) is 26.3 Å². The van der Waals surface area contributed by atoms with E-state index >= 15 is 0 Å². The summed E-state index contributed by atoms with van der Waals surface area (Å²) in [5.41, 5.74) is 0.524. The molecule has 0 unspecified atom stereocenters. The average Bonchev–Trinajstić information content (AvgIpc) is 2.28. The van der Waals surface area contributed by atoms with Gasteiger partial charge in [0, 0.05) is 6.04 Å². The number of carbonyl (C=O) groups excluding carboxylic acids is 1. The summed E-state index contributed by atoms with van der Waals surface area (Å²) in [5.74, 6) is 1.12. The summed E-state index contributed by atoms with van der Waals surface area (Å²) in [6.45, 7) is 3.78. The smallest absolute Gasteiger partial charge is 0.319 e. The van der Waals surface area contributed by atoms with Gasteiger partial charge in [-0.1, -0.05) is 6.07 Å². The molecule has 0 aromatic heterocycles. The van der Waals surface area contributed by atoms with Gasteiger partial charge < -0.3 is 20.1 Å². The molecule has 0 bridgehead atoms. The Balaban J connectivity index is 2.91. The average molecular weight is 238 g/mol. The topological polar surface area (TPSA) is 59.6 Å². The van der Waals surface area contributed by atoms with Gasteiger partial charge in [0.1, 0.15) is 17.2 Å². The van der Waals surface area contributed by atoms with Crippen molar-refractivity contribution in [2.45, 2.75) is 19.9 Å². The molecule has 5 heteroatoms. The predicted octanol–water partition coefficient (Wildman–Crippen LogP) is 2.23. The highest BCUT2D eigenvalue weighted by molar-refractivity contribution is 5.93. The summed E-state index contributed by atoms with van der Waals surface area (Å²) in [6, 6.07) is 5.09. The molecule has 0 heterocycles. The third kappa shape index (κ3) is 3.55. The standard InChI is InChI=1S/C12H18N2O3/c1-8(2)13-12(15)14-11-9(16-3)6-5-7-10(11)17-4/h5-8H,1-4H3,(H2,13,14,15). The van der Waals surface area contributed by atoms with E-state index in [1.807, 2.05) is 13.8 Å². The number of nitrogens with one attached hydrogen (secondary N) is 2. The first-order chi connectivity index (χ1) is 8.08. The molecule has 17 heavy (non-hydrogen) atoms. The zero-order valence-electron chi connectivity index (χ0n) is 10.5. The second-order valence-corrected chi connectivity index (χ2v) is 3.79. The summed E-state index contributed by atoms with van der Waals surface area (Å²) >= 11 is 0. The summed E-state index contributed by atoms with van der Waals surface area (Å²) in [4.78, 5) is 11.6. The molecule has 0 fully saturated rings. The normalized spacial score (nSPS) is 9.94. The van der Waals surface area contributed by atoms with Crippen molar-refractivity contribution in [2.24, 2.45) is 0 Å². The Hall–Kier alpha value is -1.91. The SMILES string of the molecule is COc1cccc(OC)c1NC(=O)NC(C)C. The van der Waals surface area contributed by atoms with Crippen LogP contribution in [0.5, 0.6) is 11.5 Å². The van der Waals surface area contributed by atoms with Crippen LogP contribution in [0.3, 0.4) is 0 Å². The van der Waals surface area contributed by atoms with Gasteiger partial charge >= 0.3 is 6.03 Å². The van der Waals surface area contributed by atoms with E-state index in [-0.39, 0.29) is 12.1 Å². The van der Waals surface area contributed by atoms with Crippen LogP contribution in [0.4, 0.5) is 10.5 Å². The van der Waals surface area contributed by atoms with Gasteiger partial charge in [0.05, 0.1) is 14.2 Å². The van der Waals surface area contributed by atoms with Crippen LogP contribution in [-0.2, 0) is 0 Å². The van der Waals surface area contributed by atoms with E-state index in [0.717, 1.165) is 0 Å². The van der Waals surface area contributed by atoms with Crippen molar-refractivity contribution in [3.8, 4) is 11.5 Å². The lowest BCUT2D eigenvalue weighted by Gasteiger charge is -2.15. The Morgan fingerprint density at radius 2 is 1.71 bits per heavy atom. The number of anilines is 1. The van der Waals surface area contributed by atoms with Gasteiger partial charge in [0.25, 0.3) is 0 Å². The maximum Gasteiger partial charge on any atom is 0.319 e. The zero-order valence-corrected chi connectivity index (χ0v) is 10.5. The van der Waals surface area contributed by atoms with Gasteiger partial charge in [-0.05, 0) is 26.0 Å². The molecule has 2 amide bonds. The number of hydrogen-bond acceptors (Lipinski definition) is 3. The van der Waals surface area contributed by atoms with Crippen LogP contribution < -0.4 is 20.1 Å². The van der Waals surface area contributed by atoms with Crippen LogP contribution in [0.2, 0.25) is 0 Å². The largest absolute Gasteiger partial charge is 0.494 e. The first-order valence-electron chi connectivity index (χ1n) is 5.37. The van der Waals surface area contributed by atoms with Crippen LogP contribution in [0.1, 0.15) is 13.8 Å². The lowest BCUT2D eigenvalue weighted by Crippen LogP contribution is -2.34. The van der Waals surface area contributed by atoms with E-state index in [0.29, 0.717) is 17.2 Å². The Kier molecular flexibility index (Phi) is 4.63. The van der Waals surface area contributed by atoms with E-state index in [4.69, 9.17) is 9.47 Å². The number of rotatable bonds is 4. The first kappa shape index (κ1) is 13.2. The first-order valence-corrected chi connectivity index (χ1v) is 5.37. The molecule has 0 saturated carbocycles. The van der Waals surface area contributed by atoms with Gasteiger partial charge in [0.2, 0.25) is 0 Å².